The van der Waals surface area contributed by atoms with Crippen LogP contribution < -0.4 is 0 Å². The molecule has 2 aromatic rings. The van der Waals surface area contributed by atoms with E-state index in [0.29, 0.717) is 11.0 Å². The van der Waals surface area contributed by atoms with Gasteiger partial charge in [0.05, 0.1) is 24.4 Å². The van der Waals surface area contributed by atoms with Crippen LogP contribution in [-0.2, 0) is 21.4 Å². The normalized spacial score (nSPS) is 11.6. The van der Waals surface area contributed by atoms with Crippen molar-refractivity contribution in [3.8, 4) is 0 Å². The Morgan fingerprint density at radius 1 is 1.24 bits per heavy atom. The Bertz CT molecular complexity index is 859. The topological polar surface area (TPSA) is 79.8 Å². The Balaban J connectivity index is 2.31. The summed E-state index contributed by atoms with van der Waals surface area (Å²) in [5.41, 5.74) is 0.921. The predicted octanol–water partition coefficient (Wildman–Crippen LogP) is 2.19. The fraction of sp³-hybridized carbons (Fsp3) is 0.250. The van der Waals surface area contributed by atoms with Gasteiger partial charge in [-0.2, -0.15) is 0 Å². The number of benzene rings is 1. The van der Waals surface area contributed by atoms with Gasteiger partial charge in [-0.15, -0.1) is 0 Å². The van der Waals surface area contributed by atoms with Gasteiger partial charge in [0.15, 0.2) is 0 Å². The number of aromatic nitrogens is 1. The van der Waals surface area contributed by atoms with E-state index in [4.69, 9.17) is 16.4 Å². The van der Waals surface area contributed by atoms with Gasteiger partial charge >= 0.3 is 0 Å². The van der Waals surface area contributed by atoms with Gasteiger partial charge < -0.3 is 4.90 Å². The molecule has 0 aliphatic heterocycles. The predicted molar refractivity (Wildman–Crippen MR) is 93.4 cm³/mol. The van der Waals surface area contributed by atoms with E-state index in [1.165, 1.54) is 37.3 Å². The largest absolute Gasteiger partial charge is 0.336 e. The van der Waals surface area contributed by atoms with Crippen molar-refractivity contribution in [1.82, 2.24) is 14.4 Å². The van der Waals surface area contributed by atoms with Gasteiger partial charge in [-0.3, -0.25) is 14.6 Å². The zero-order valence-corrected chi connectivity index (χ0v) is 15.6. The standard InChI is InChI=1S/C16H18ClN3O4S/c1-19(11-13-6-4-5-9-18-13)16(21)12-7-8-14(17)15(10-12)25(22,23)20(2)24-3/h4-10H,11H2,1-3H3. The third-order valence-electron chi connectivity index (χ3n) is 3.52. The average molecular weight is 384 g/mol. The lowest BCUT2D eigenvalue weighted by Crippen LogP contribution is -2.28. The number of sulfonamides is 1. The highest BCUT2D eigenvalue weighted by Crippen LogP contribution is 2.26. The Kier molecular flexibility index (Phi) is 6.12. The van der Waals surface area contributed by atoms with Gasteiger partial charge in [-0.05, 0) is 30.3 Å². The first kappa shape index (κ1) is 19.3. The highest BCUT2D eigenvalue weighted by molar-refractivity contribution is 7.89. The molecule has 1 heterocycles. The van der Waals surface area contributed by atoms with E-state index >= 15 is 0 Å². The monoisotopic (exact) mass is 383 g/mol. The molecule has 0 bridgehead atoms. The minimum absolute atomic E-state index is 0.00725. The lowest BCUT2D eigenvalue weighted by molar-refractivity contribution is -0.0258. The second-order valence-electron chi connectivity index (χ2n) is 5.22. The number of halogens is 1. The van der Waals surface area contributed by atoms with Crippen molar-refractivity contribution < 1.29 is 18.0 Å². The van der Waals surface area contributed by atoms with Crippen molar-refractivity contribution in [1.29, 1.82) is 0 Å². The molecule has 0 N–H and O–H groups in total. The highest BCUT2D eigenvalue weighted by Gasteiger charge is 2.25. The number of carbonyl (C=O) groups is 1. The van der Waals surface area contributed by atoms with Crippen molar-refractivity contribution in [3.05, 3.63) is 58.9 Å². The maximum absolute atomic E-state index is 12.6. The molecule has 1 aromatic carbocycles. The molecule has 1 amide bonds. The first-order chi connectivity index (χ1) is 11.8. The van der Waals surface area contributed by atoms with E-state index in [1.807, 2.05) is 6.07 Å². The van der Waals surface area contributed by atoms with Crippen LogP contribution in [0.2, 0.25) is 5.02 Å². The molecular weight excluding hydrogens is 366 g/mol. The maximum atomic E-state index is 12.6. The summed E-state index contributed by atoms with van der Waals surface area (Å²) in [6.07, 6.45) is 1.64. The van der Waals surface area contributed by atoms with Gasteiger partial charge in [0.1, 0.15) is 4.90 Å². The van der Waals surface area contributed by atoms with Crippen LogP contribution in [0.1, 0.15) is 16.1 Å². The molecule has 0 aliphatic carbocycles. The zero-order chi connectivity index (χ0) is 18.6. The van der Waals surface area contributed by atoms with Crippen molar-refractivity contribution in [2.24, 2.45) is 0 Å². The molecule has 1 aromatic heterocycles. The minimum Gasteiger partial charge on any atom is -0.336 e. The van der Waals surface area contributed by atoms with Gasteiger partial charge in [0, 0.05) is 25.9 Å². The fourth-order valence-corrected chi connectivity index (χ4v) is 3.57. The van der Waals surface area contributed by atoms with Crippen molar-refractivity contribution in [3.63, 3.8) is 0 Å². The summed E-state index contributed by atoms with van der Waals surface area (Å²) in [7, 11) is 0.115. The molecule has 0 saturated heterocycles. The summed E-state index contributed by atoms with van der Waals surface area (Å²) in [6, 6.07) is 9.51. The second-order valence-corrected chi connectivity index (χ2v) is 7.54. The first-order valence-corrected chi connectivity index (χ1v) is 9.07. The molecule has 0 aliphatic rings. The number of carbonyl (C=O) groups excluding carboxylic acids is 1. The van der Waals surface area contributed by atoms with Crippen molar-refractivity contribution in [2.45, 2.75) is 11.4 Å². The SMILES string of the molecule is CON(C)S(=O)(=O)c1cc(C(=O)N(C)Cc2ccccn2)ccc1Cl. The van der Waals surface area contributed by atoms with Crippen LogP contribution >= 0.6 is 11.6 Å². The quantitative estimate of drug-likeness (QED) is 0.714. The Hall–Kier alpha value is -2.00. The third kappa shape index (κ3) is 4.35. The maximum Gasteiger partial charge on any atom is 0.266 e. The van der Waals surface area contributed by atoms with Crippen LogP contribution in [0.4, 0.5) is 0 Å². The molecular formula is C16H18ClN3O4S. The average Bonchev–Trinajstić information content (AvgIpc) is 2.61. The van der Waals surface area contributed by atoms with Gasteiger partial charge in [-0.1, -0.05) is 22.1 Å². The van der Waals surface area contributed by atoms with E-state index in [1.54, 1.807) is 25.4 Å². The number of amides is 1. The lowest BCUT2D eigenvalue weighted by Gasteiger charge is -2.19. The Labute approximate surface area is 151 Å². The fourth-order valence-electron chi connectivity index (χ4n) is 2.10. The van der Waals surface area contributed by atoms with Crippen LogP contribution in [0.15, 0.2) is 47.5 Å². The van der Waals surface area contributed by atoms with E-state index in [0.717, 1.165) is 5.69 Å². The molecule has 0 atom stereocenters. The summed E-state index contributed by atoms with van der Waals surface area (Å²) in [6.45, 7) is 0.294. The molecule has 25 heavy (non-hydrogen) atoms. The van der Waals surface area contributed by atoms with Crippen LogP contribution in [0, 0.1) is 0 Å². The molecule has 0 fully saturated rings. The molecule has 134 valence electrons. The summed E-state index contributed by atoms with van der Waals surface area (Å²) in [5.74, 6) is -0.348. The van der Waals surface area contributed by atoms with E-state index in [2.05, 4.69) is 4.98 Å². The van der Waals surface area contributed by atoms with Crippen LogP contribution in [0.25, 0.3) is 0 Å². The number of pyridine rings is 1. The van der Waals surface area contributed by atoms with Crippen LogP contribution in [-0.4, -0.2) is 49.9 Å². The number of hydroxylamine groups is 1. The summed E-state index contributed by atoms with van der Waals surface area (Å²) < 4.78 is 25.5. The van der Waals surface area contributed by atoms with Crippen molar-refractivity contribution in [2.75, 3.05) is 21.2 Å². The molecule has 0 radical (unpaired) electrons. The van der Waals surface area contributed by atoms with E-state index in [9.17, 15) is 13.2 Å². The summed E-state index contributed by atoms with van der Waals surface area (Å²) >= 11 is 6.00. The third-order valence-corrected chi connectivity index (χ3v) is 5.68. The highest BCUT2D eigenvalue weighted by atomic mass is 35.5. The zero-order valence-electron chi connectivity index (χ0n) is 14.0. The molecule has 0 saturated carbocycles. The minimum atomic E-state index is -3.96. The number of nitrogens with zero attached hydrogens (tertiary/aromatic N) is 3. The number of hydrogen-bond acceptors (Lipinski definition) is 5. The Morgan fingerprint density at radius 3 is 2.56 bits per heavy atom. The second kappa shape index (κ2) is 7.92. The van der Waals surface area contributed by atoms with Gasteiger partial charge in [0.2, 0.25) is 0 Å². The van der Waals surface area contributed by atoms with E-state index < -0.39 is 10.0 Å². The lowest BCUT2D eigenvalue weighted by atomic mass is 10.2. The molecule has 2 rings (SSSR count). The number of rotatable bonds is 6. The molecule has 9 heteroatoms. The van der Waals surface area contributed by atoms with Crippen molar-refractivity contribution >= 4 is 27.5 Å². The molecule has 0 spiro atoms. The van der Waals surface area contributed by atoms with E-state index in [-0.39, 0.29) is 21.4 Å². The summed E-state index contributed by atoms with van der Waals surface area (Å²) in [5, 5.41) is 0.00725. The van der Waals surface area contributed by atoms with Gasteiger partial charge in [-0.25, -0.2) is 8.42 Å². The van der Waals surface area contributed by atoms with Crippen LogP contribution in [0.5, 0.6) is 0 Å². The smallest absolute Gasteiger partial charge is 0.266 e. The summed E-state index contributed by atoms with van der Waals surface area (Å²) in [4.78, 5) is 22.7. The first-order valence-electron chi connectivity index (χ1n) is 7.25. The number of hydrogen-bond donors (Lipinski definition) is 0. The van der Waals surface area contributed by atoms with Gasteiger partial charge in [0.25, 0.3) is 15.9 Å². The molecule has 7 nitrogen and oxygen atoms in total. The van der Waals surface area contributed by atoms with Crippen LogP contribution in [0.3, 0.4) is 0 Å². The molecule has 0 unspecified atom stereocenters. The Morgan fingerprint density at radius 2 is 1.96 bits per heavy atom.